The number of benzene rings is 2. The second kappa shape index (κ2) is 7.35. The number of hydrogen-bond donors (Lipinski definition) is 1. The van der Waals surface area contributed by atoms with Crippen LogP contribution in [0.25, 0.3) is 0 Å². The monoisotopic (exact) mass is 364 g/mol. The summed E-state index contributed by atoms with van der Waals surface area (Å²) in [6, 6.07) is 15.4. The molecular weight excluding hydrogens is 352 g/mol. The number of nitrogens with one attached hydrogen (secondary N) is 1. The van der Waals surface area contributed by atoms with E-state index in [-0.39, 0.29) is 12.6 Å². The van der Waals surface area contributed by atoms with Gasteiger partial charge in [0, 0.05) is 6.04 Å². The van der Waals surface area contributed by atoms with Crippen LogP contribution in [0.15, 0.2) is 46.9 Å². The molecular formula is C16H14BrClN2O. The van der Waals surface area contributed by atoms with E-state index in [1.165, 1.54) is 0 Å². The normalized spacial score (nSPS) is 11.5. The first kappa shape index (κ1) is 15.7. The lowest BCUT2D eigenvalue weighted by Crippen LogP contribution is -2.07. The van der Waals surface area contributed by atoms with Crippen molar-refractivity contribution in [3.8, 4) is 11.8 Å². The average Bonchev–Trinajstić information content (AvgIpc) is 2.50. The zero-order chi connectivity index (χ0) is 15.2. The van der Waals surface area contributed by atoms with Gasteiger partial charge in [0.15, 0.2) is 6.61 Å². The van der Waals surface area contributed by atoms with Crippen LogP contribution in [0.1, 0.15) is 18.5 Å². The molecule has 1 atom stereocenters. The van der Waals surface area contributed by atoms with Gasteiger partial charge < -0.3 is 10.1 Å². The molecule has 1 N–H and O–H groups in total. The largest absolute Gasteiger partial charge is 0.479 e. The Morgan fingerprint density at radius 2 is 2.00 bits per heavy atom. The molecule has 2 aromatic carbocycles. The van der Waals surface area contributed by atoms with Crippen LogP contribution in [0, 0.1) is 11.3 Å². The van der Waals surface area contributed by atoms with Crippen molar-refractivity contribution in [3.05, 3.63) is 57.5 Å². The van der Waals surface area contributed by atoms with Crippen molar-refractivity contribution in [2.24, 2.45) is 0 Å². The van der Waals surface area contributed by atoms with Crippen molar-refractivity contribution in [3.63, 3.8) is 0 Å². The maximum absolute atomic E-state index is 8.48. The van der Waals surface area contributed by atoms with Gasteiger partial charge in [-0.25, -0.2) is 0 Å². The minimum atomic E-state index is 0.0581. The van der Waals surface area contributed by atoms with Crippen molar-refractivity contribution in [1.29, 1.82) is 5.26 Å². The third kappa shape index (κ3) is 4.13. The zero-order valence-corrected chi connectivity index (χ0v) is 13.8. The van der Waals surface area contributed by atoms with Crippen molar-refractivity contribution >= 4 is 33.2 Å². The molecule has 0 fully saturated rings. The Bertz CT molecular complexity index is 652. The molecule has 0 amide bonds. The molecule has 0 spiro atoms. The van der Waals surface area contributed by atoms with E-state index in [9.17, 15) is 0 Å². The SMILES string of the molecule is CC(Nc1cccc(Cl)c1Br)c1ccc(OCC#N)cc1. The van der Waals surface area contributed by atoms with Crippen LogP contribution in [0.4, 0.5) is 5.69 Å². The Morgan fingerprint density at radius 1 is 1.29 bits per heavy atom. The fraction of sp³-hybridized carbons (Fsp3) is 0.188. The molecule has 3 nitrogen and oxygen atoms in total. The average molecular weight is 366 g/mol. The van der Waals surface area contributed by atoms with Crippen LogP contribution in [0.3, 0.4) is 0 Å². The molecule has 1 unspecified atom stereocenters. The van der Waals surface area contributed by atoms with E-state index in [1.807, 2.05) is 48.5 Å². The van der Waals surface area contributed by atoms with E-state index in [1.54, 1.807) is 0 Å². The molecule has 0 saturated carbocycles. The lowest BCUT2D eigenvalue weighted by molar-refractivity contribution is 0.368. The quantitative estimate of drug-likeness (QED) is 0.794. The summed E-state index contributed by atoms with van der Waals surface area (Å²) >= 11 is 9.56. The number of anilines is 1. The van der Waals surface area contributed by atoms with E-state index in [0.29, 0.717) is 10.8 Å². The minimum Gasteiger partial charge on any atom is -0.479 e. The van der Waals surface area contributed by atoms with Gasteiger partial charge in [-0.05, 0) is 52.7 Å². The van der Waals surface area contributed by atoms with Gasteiger partial charge in [-0.2, -0.15) is 5.26 Å². The van der Waals surface area contributed by atoms with E-state index >= 15 is 0 Å². The molecule has 5 heteroatoms. The Morgan fingerprint density at radius 3 is 2.67 bits per heavy atom. The van der Waals surface area contributed by atoms with E-state index in [2.05, 4.69) is 28.2 Å². The highest BCUT2D eigenvalue weighted by Gasteiger charge is 2.09. The van der Waals surface area contributed by atoms with Gasteiger partial charge in [0.05, 0.1) is 15.2 Å². The Labute approximate surface area is 137 Å². The lowest BCUT2D eigenvalue weighted by Gasteiger charge is -2.17. The lowest BCUT2D eigenvalue weighted by atomic mass is 10.1. The van der Waals surface area contributed by atoms with Crippen LogP contribution in [-0.2, 0) is 0 Å². The fourth-order valence-corrected chi connectivity index (χ4v) is 2.45. The first-order valence-corrected chi connectivity index (χ1v) is 7.59. The Hall–Kier alpha value is -1.70. The maximum Gasteiger partial charge on any atom is 0.174 e. The summed E-state index contributed by atoms with van der Waals surface area (Å²) in [6.45, 7) is 2.13. The maximum atomic E-state index is 8.48. The van der Waals surface area contributed by atoms with Gasteiger partial charge >= 0.3 is 0 Å². The summed E-state index contributed by atoms with van der Waals surface area (Å²) in [5.74, 6) is 0.691. The van der Waals surface area contributed by atoms with Gasteiger partial charge in [-0.15, -0.1) is 0 Å². The number of halogens is 2. The van der Waals surface area contributed by atoms with Crippen LogP contribution >= 0.6 is 27.5 Å². The summed E-state index contributed by atoms with van der Waals surface area (Å²) in [5.41, 5.74) is 2.06. The van der Waals surface area contributed by atoms with Gasteiger partial charge in [-0.3, -0.25) is 0 Å². The zero-order valence-electron chi connectivity index (χ0n) is 11.4. The van der Waals surface area contributed by atoms with E-state index in [0.717, 1.165) is 15.7 Å². The molecule has 0 heterocycles. The first-order valence-electron chi connectivity index (χ1n) is 6.42. The van der Waals surface area contributed by atoms with Gasteiger partial charge in [0.2, 0.25) is 0 Å². The standard InChI is InChI=1S/C16H14BrClN2O/c1-11(20-15-4-2-3-14(18)16(15)17)12-5-7-13(8-6-12)21-10-9-19/h2-8,11,20H,10H2,1H3. The van der Waals surface area contributed by atoms with Gasteiger partial charge in [0.25, 0.3) is 0 Å². The summed E-state index contributed by atoms with van der Waals surface area (Å²) < 4.78 is 6.09. The molecule has 0 aliphatic rings. The molecule has 108 valence electrons. The molecule has 21 heavy (non-hydrogen) atoms. The molecule has 0 aliphatic heterocycles. The van der Waals surface area contributed by atoms with Crippen molar-refractivity contribution in [1.82, 2.24) is 0 Å². The summed E-state index contributed by atoms with van der Waals surface area (Å²) in [4.78, 5) is 0. The van der Waals surface area contributed by atoms with Crippen LogP contribution in [-0.4, -0.2) is 6.61 Å². The summed E-state index contributed by atoms with van der Waals surface area (Å²) in [7, 11) is 0. The van der Waals surface area contributed by atoms with Crippen LogP contribution in [0.5, 0.6) is 5.75 Å². The highest BCUT2D eigenvalue weighted by Crippen LogP contribution is 2.32. The highest BCUT2D eigenvalue weighted by molar-refractivity contribution is 9.10. The second-order valence-corrected chi connectivity index (χ2v) is 5.68. The molecule has 0 aliphatic carbocycles. The Balaban J connectivity index is 2.08. The van der Waals surface area contributed by atoms with Crippen LogP contribution < -0.4 is 10.1 Å². The summed E-state index contributed by atoms with van der Waals surface area (Å²) in [6.07, 6.45) is 0. The molecule has 2 aromatic rings. The summed E-state index contributed by atoms with van der Waals surface area (Å²) in [5, 5.41) is 12.6. The Kier molecular flexibility index (Phi) is 5.49. The number of hydrogen-bond acceptors (Lipinski definition) is 3. The van der Waals surface area contributed by atoms with Gasteiger partial charge in [-0.1, -0.05) is 29.8 Å². The molecule has 0 radical (unpaired) electrons. The third-order valence-electron chi connectivity index (χ3n) is 3.01. The molecule has 0 aromatic heterocycles. The molecule has 2 rings (SSSR count). The van der Waals surface area contributed by atoms with Crippen molar-refractivity contribution in [2.45, 2.75) is 13.0 Å². The van der Waals surface area contributed by atoms with Crippen LogP contribution in [0.2, 0.25) is 5.02 Å². The third-order valence-corrected chi connectivity index (χ3v) is 4.40. The van der Waals surface area contributed by atoms with E-state index < -0.39 is 0 Å². The molecule has 0 saturated heterocycles. The first-order chi connectivity index (χ1) is 10.1. The molecule has 0 bridgehead atoms. The minimum absolute atomic E-state index is 0.0581. The van der Waals surface area contributed by atoms with Gasteiger partial charge in [0.1, 0.15) is 11.8 Å². The fourth-order valence-electron chi connectivity index (χ4n) is 1.90. The number of nitrogens with zero attached hydrogens (tertiary/aromatic N) is 1. The predicted molar refractivity (Wildman–Crippen MR) is 88.7 cm³/mol. The highest BCUT2D eigenvalue weighted by atomic mass is 79.9. The van der Waals surface area contributed by atoms with Crippen molar-refractivity contribution < 1.29 is 4.74 Å². The number of nitriles is 1. The number of rotatable bonds is 5. The predicted octanol–water partition coefficient (Wildman–Crippen LogP) is 5.18. The second-order valence-electron chi connectivity index (χ2n) is 4.48. The number of ether oxygens (including phenoxy) is 1. The smallest absolute Gasteiger partial charge is 0.174 e. The topological polar surface area (TPSA) is 45.0 Å². The van der Waals surface area contributed by atoms with Crippen molar-refractivity contribution in [2.75, 3.05) is 11.9 Å². The van der Waals surface area contributed by atoms with E-state index in [4.69, 9.17) is 21.6 Å².